The molecule has 102 valence electrons. The number of esters is 1. The molecule has 0 aromatic rings. The van der Waals surface area contributed by atoms with E-state index in [0.717, 1.165) is 0 Å². The molecule has 0 bridgehead atoms. The molecule has 1 N–H and O–H groups in total. The smallest absolute Gasteiger partial charge is 0.324 e. The van der Waals surface area contributed by atoms with Crippen molar-refractivity contribution in [1.29, 1.82) is 0 Å². The van der Waals surface area contributed by atoms with Crippen LogP contribution in [0, 0.1) is 5.92 Å². The van der Waals surface area contributed by atoms with Crippen molar-refractivity contribution < 1.29 is 17.9 Å². The number of ether oxygens (including phenoxy) is 1. The van der Waals surface area contributed by atoms with Crippen LogP contribution in [-0.2, 0) is 19.6 Å². The monoisotopic (exact) mass is 265 g/mol. The maximum absolute atomic E-state index is 11.6. The zero-order chi connectivity index (χ0) is 13.9. The first-order valence-corrected chi connectivity index (χ1v) is 7.31. The van der Waals surface area contributed by atoms with Crippen LogP contribution in [0.5, 0.6) is 0 Å². The summed E-state index contributed by atoms with van der Waals surface area (Å²) in [5.74, 6) is -0.552. The largest absolute Gasteiger partial charge is 0.459 e. The number of sulfonamides is 1. The molecule has 0 spiro atoms. The van der Waals surface area contributed by atoms with Crippen LogP contribution in [0.2, 0.25) is 0 Å². The Morgan fingerprint density at radius 3 is 2.06 bits per heavy atom. The summed E-state index contributed by atoms with van der Waals surface area (Å²) in [6, 6.07) is -0.863. The van der Waals surface area contributed by atoms with E-state index in [-0.39, 0.29) is 11.7 Å². The van der Waals surface area contributed by atoms with Crippen LogP contribution in [0.1, 0.15) is 41.5 Å². The predicted molar refractivity (Wildman–Crippen MR) is 67.1 cm³/mol. The SMILES string of the molecule is CC(C)CS(=O)(=O)N[C@H](C)C(=O)OC(C)(C)C. The lowest BCUT2D eigenvalue weighted by molar-refractivity contribution is -0.156. The quantitative estimate of drug-likeness (QED) is 0.760. The average molecular weight is 265 g/mol. The van der Waals surface area contributed by atoms with E-state index in [9.17, 15) is 13.2 Å². The molecule has 17 heavy (non-hydrogen) atoms. The second-order valence-electron chi connectivity index (χ2n) is 5.55. The minimum atomic E-state index is -3.43. The van der Waals surface area contributed by atoms with E-state index in [1.165, 1.54) is 6.92 Å². The highest BCUT2D eigenvalue weighted by Gasteiger charge is 2.25. The molecule has 0 unspecified atom stereocenters. The summed E-state index contributed by atoms with van der Waals surface area (Å²) in [5, 5.41) is 0. The van der Waals surface area contributed by atoms with Crippen molar-refractivity contribution in [2.75, 3.05) is 5.75 Å². The normalized spacial score (nSPS) is 14.8. The topological polar surface area (TPSA) is 72.5 Å². The van der Waals surface area contributed by atoms with Gasteiger partial charge in [0.1, 0.15) is 11.6 Å². The number of hydrogen-bond acceptors (Lipinski definition) is 4. The predicted octanol–water partition coefficient (Wildman–Crippen LogP) is 1.29. The lowest BCUT2D eigenvalue weighted by Crippen LogP contribution is -2.43. The fraction of sp³-hybridized carbons (Fsp3) is 0.909. The van der Waals surface area contributed by atoms with Crippen molar-refractivity contribution in [3.05, 3.63) is 0 Å². The van der Waals surface area contributed by atoms with Gasteiger partial charge in [-0.05, 0) is 33.6 Å². The van der Waals surface area contributed by atoms with Gasteiger partial charge < -0.3 is 4.74 Å². The number of carbonyl (C=O) groups is 1. The van der Waals surface area contributed by atoms with Crippen molar-refractivity contribution in [3.63, 3.8) is 0 Å². The van der Waals surface area contributed by atoms with Gasteiger partial charge in [-0.2, -0.15) is 0 Å². The number of hydrogen-bond donors (Lipinski definition) is 1. The zero-order valence-corrected chi connectivity index (χ0v) is 12.2. The van der Waals surface area contributed by atoms with Gasteiger partial charge in [-0.1, -0.05) is 13.8 Å². The first-order chi connectivity index (χ1) is 7.43. The third-order valence-corrected chi connectivity index (χ3v) is 3.49. The van der Waals surface area contributed by atoms with Gasteiger partial charge >= 0.3 is 5.97 Å². The van der Waals surface area contributed by atoms with Gasteiger partial charge in [0.05, 0.1) is 5.75 Å². The third kappa shape index (κ3) is 8.15. The van der Waals surface area contributed by atoms with E-state index < -0.39 is 27.6 Å². The third-order valence-electron chi connectivity index (χ3n) is 1.67. The maximum Gasteiger partial charge on any atom is 0.324 e. The summed E-state index contributed by atoms with van der Waals surface area (Å²) < 4.78 is 30.6. The van der Waals surface area contributed by atoms with Gasteiger partial charge in [-0.3, -0.25) is 4.79 Å². The van der Waals surface area contributed by atoms with Crippen molar-refractivity contribution in [3.8, 4) is 0 Å². The van der Waals surface area contributed by atoms with E-state index in [1.54, 1.807) is 34.6 Å². The standard InChI is InChI=1S/C11H23NO4S/c1-8(2)7-17(14,15)12-9(3)10(13)16-11(4,5)6/h8-9,12H,7H2,1-6H3/t9-/m1/s1. The number of rotatable bonds is 5. The molecule has 0 aromatic heterocycles. The molecule has 0 aliphatic heterocycles. The molecule has 0 aliphatic rings. The fourth-order valence-corrected chi connectivity index (χ4v) is 2.80. The Morgan fingerprint density at radius 2 is 1.71 bits per heavy atom. The second-order valence-corrected chi connectivity index (χ2v) is 7.35. The Kier molecular flexibility index (Phi) is 5.61. The van der Waals surface area contributed by atoms with E-state index >= 15 is 0 Å². The minimum Gasteiger partial charge on any atom is -0.459 e. The molecule has 0 aliphatic carbocycles. The molecule has 0 rings (SSSR count). The zero-order valence-electron chi connectivity index (χ0n) is 11.4. The highest BCUT2D eigenvalue weighted by molar-refractivity contribution is 7.89. The van der Waals surface area contributed by atoms with Crippen LogP contribution in [0.3, 0.4) is 0 Å². The minimum absolute atomic E-state index is 0.000137. The molecular weight excluding hydrogens is 242 g/mol. The van der Waals surface area contributed by atoms with Gasteiger partial charge in [0.15, 0.2) is 0 Å². The summed E-state index contributed by atoms with van der Waals surface area (Å²) in [6.45, 7) is 10.3. The molecule has 0 saturated carbocycles. The molecule has 0 radical (unpaired) electrons. The Morgan fingerprint density at radius 1 is 1.24 bits per heavy atom. The Hall–Kier alpha value is -0.620. The van der Waals surface area contributed by atoms with Gasteiger partial charge in [-0.25, -0.2) is 13.1 Å². The Labute approximate surface area is 104 Å². The molecule has 1 atom stereocenters. The molecule has 0 aromatic carbocycles. The lowest BCUT2D eigenvalue weighted by atomic mass is 10.2. The van der Waals surface area contributed by atoms with Crippen LogP contribution >= 0.6 is 0 Å². The van der Waals surface area contributed by atoms with E-state index in [1.807, 2.05) is 0 Å². The molecule has 0 saturated heterocycles. The second kappa shape index (κ2) is 5.82. The van der Waals surface area contributed by atoms with Crippen molar-refractivity contribution in [1.82, 2.24) is 4.72 Å². The highest BCUT2D eigenvalue weighted by Crippen LogP contribution is 2.09. The van der Waals surface area contributed by atoms with E-state index in [4.69, 9.17) is 4.74 Å². The summed E-state index contributed by atoms with van der Waals surface area (Å²) in [7, 11) is -3.43. The first-order valence-electron chi connectivity index (χ1n) is 5.66. The molecular formula is C11H23NO4S. The molecule has 0 heterocycles. The van der Waals surface area contributed by atoms with Gasteiger partial charge in [0.2, 0.25) is 10.0 Å². The summed E-state index contributed by atoms with van der Waals surface area (Å²) in [4.78, 5) is 11.6. The molecule has 6 heteroatoms. The summed E-state index contributed by atoms with van der Waals surface area (Å²) >= 11 is 0. The van der Waals surface area contributed by atoms with Crippen LogP contribution in [0.15, 0.2) is 0 Å². The van der Waals surface area contributed by atoms with Crippen molar-refractivity contribution in [2.45, 2.75) is 53.2 Å². The van der Waals surface area contributed by atoms with Crippen molar-refractivity contribution >= 4 is 16.0 Å². The van der Waals surface area contributed by atoms with Crippen molar-refractivity contribution in [2.24, 2.45) is 5.92 Å². The first kappa shape index (κ1) is 16.4. The maximum atomic E-state index is 11.6. The molecule has 5 nitrogen and oxygen atoms in total. The van der Waals surface area contributed by atoms with Crippen LogP contribution in [-0.4, -0.2) is 31.8 Å². The fourth-order valence-electron chi connectivity index (χ4n) is 1.19. The van der Waals surface area contributed by atoms with Gasteiger partial charge in [0.25, 0.3) is 0 Å². The molecule has 0 fully saturated rings. The highest BCUT2D eigenvalue weighted by atomic mass is 32.2. The number of nitrogens with one attached hydrogen (secondary N) is 1. The number of carbonyl (C=O) groups excluding carboxylic acids is 1. The van der Waals surface area contributed by atoms with Crippen LogP contribution in [0.4, 0.5) is 0 Å². The summed E-state index contributed by atoms with van der Waals surface area (Å²) in [5.41, 5.74) is -0.616. The lowest BCUT2D eigenvalue weighted by Gasteiger charge is -2.22. The average Bonchev–Trinajstić information content (AvgIpc) is 1.96. The van der Waals surface area contributed by atoms with Gasteiger partial charge in [0, 0.05) is 0 Å². The van der Waals surface area contributed by atoms with E-state index in [0.29, 0.717) is 0 Å². The van der Waals surface area contributed by atoms with Crippen LogP contribution in [0.25, 0.3) is 0 Å². The van der Waals surface area contributed by atoms with Crippen LogP contribution < -0.4 is 4.72 Å². The van der Waals surface area contributed by atoms with E-state index in [2.05, 4.69) is 4.72 Å². The Bertz CT molecular complexity index is 354. The Balaban J connectivity index is 4.45. The molecule has 0 amide bonds. The summed E-state index contributed by atoms with van der Waals surface area (Å²) in [6.07, 6.45) is 0. The van der Waals surface area contributed by atoms with Gasteiger partial charge in [-0.15, -0.1) is 0 Å².